The number of carbonyl (C=O) groups excluding carboxylic acids is 1. The molecule has 160 valence electrons. The Balaban J connectivity index is 1.53. The summed E-state index contributed by atoms with van der Waals surface area (Å²) in [4.78, 5) is 50.4. The molecule has 10 heteroatoms. The molecule has 0 bridgehead atoms. The summed E-state index contributed by atoms with van der Waals surface area (Å²) in [6, 6.07) is 0.129. The monoisotopic (exact) mass is 405 g/mol. The summed E-state index contributed by atoms with van der Waals surface area (Å²) in [5.74, 6) is 0.716. The lowest BCUT2D eigenvalue weighted by Crippen LogP contribution is -2.52. The van der Waals surface area contributed by atoms with Gasteiger partial charge in [0.2, 0.25) is 0 Å². The minimum absolute atomic E-state index is 0.129. The number of rotatable bonds is 6. The number of nitrogens with zero attached hydrogens (tertiary/aromatic N) is 6. The molecule has 1 aliphatic rings. The summed E-state index contributed by atoms with van der Waals surface area (Å²) < 4.78 is 2.48. The van der Waals surface area contributed by atoms with Crippen LogP contribution in [-0.4, -0.2) is 85.6 Å². The molecule has 2 amide bonds. The highest BCUT2D eigenvalue weighted by Gasteiger charge is 2.23. The zero-order chi connectivity index (χ0) is 21.1. The van der Waals surface area contributed by atoms with Gasteiger partial charge in [-0.3, -0.25) is 18.8 Å². The predicted molar refractivity (Wildman–Crippen MR) is 111 cm³/mol. The van der Waals surface area contributed by atoms with Gasteiger partial charge >= 0.3 is 11.7 Å². The van der Waals surface area contributed by atoms with Crippen LogP contribution in [0.15, 0.2) is 9.59 Å². The van der Waals surface area contributed by atoms with Crippen molar-refractivity contribution in [3.05, 3.63) is 26.7 Å². The van der Waals surface area contributed by atoms with Crippen LogP contribution in [0.2, 0.25) is 0 Å². The Labute approximate surface area is 169 Å². The topological polar surface area (TPSA) is 99.5 Å². The van der Waals surface area contributed by atoms with Gasteiger partial charge in [-0.25, -0.2) is 14.6 Å². The van der Waals surface area contributed by atoms with Crippen LogP contribution in [-0.2, 0) is 20.5 Å². The number of carbonyl (C=O) groups is 1. The Morgan fingerprint density at radius 1 is 1.07 bits per heavy atom. The van der Waals surface area contributed by atoms with Crippen LogP contribution in [0.5, 0.6) is 0 Å². The zero-order valence-electron chi connectivity index (χ0n) is 17.8. The van der Waals surface area contributed by atoms with E-state index in [1.165, 1.54) is 11.6 Å². The molecule has 0 radical (unpaired) electrons. The predicted octanol–water partition coefficient (Wildman–Crippen LogP) is -0.0277. The van der Waals surface area contributed by atoms with Crippen molar-refractivity contribution in [2.24, 2.45) is 14.1 Å². The number of aromatic nitrogens is 4. The van der Waals surface area contributed by atoms with E-state index in [0.717, 1.165) is 56.8 Å². The number of urea groups is 1. The molecule has 3 rings (SSSR count). The normalized spacial score (nSPS) is 15.2. The fourth-order valence-electron chi connectivity index (χ4n) is 3.82. The first-order valence-electron chi connectivity index (χ1n) is 10.3. The number of amides is 2. The Morgan fingerprint density at radius 2 is 1.72 bits per heavy atom. The van der Waals surface area contributed by atoms with Crippen LogP contribution in [0.1, 0.15) is 26.1 Å². The molecule has 1 saturated heterocycles. The summed E-state index contributed by atoms with van der Waals surface area (Å²) >= 11 is 0. The molecule has 0 saturated carbocycles. The van der Waals surface area contributed by atoms with Gasteiger partial charge < -0.3 is 14.8 Å². The fourth-order valence-corrected chi connectivity index (χ4v) is 3.82. The molecule has 1 fully saturated rings. The van der Waals surface area contributed by atoms with Crippen LogP contribution in [0, 0.1) is 0 Å². The summed E-state index contributed by atoms with van der Waals surface area (Å²) in [5.41, 5.74) is 0.0401. The van der Waals surface area contributed by atoms with Gasteiger partial charge in [0.15, 0.2) is 5.65 Å². The van der Waals surface area contributed by atoms with Crippen LogP contribution >= 0.6 is 0 Å². The van der Waals surface area contributed by atoms with Crippen LogP contribution in [0.25, 0.3) is 11.2 Å². The van der Waals surface area contributed by atoms with Crippen molar-refractivity contribution in [1.29, 1.82) is 0 Å². The minimum Gasteiger partial charge on any atom is -0.336 e. The summed E-state index contributed by atoms with van der Waals surface area (Å²) in [6.07, 6.45) is 1.59. The number of hydrogen-bond donors (Lipinski definition) is 1. The molecule has 2 aromatic rings. The van der Waals surface area contributed by atoms with E-state index in [1.54, 1.807) is 7.05 Å². The smallest absolute Gasteiger partial charge is 0.332 e. The first-order chi connectivity index (χ1) is 13.9. The molecule has 1 aliphatic heterocycles. The largest absolute Gasteiger partial charge is 0.336 e. The van der Waals surface area contributed by atoms with Crippen molar-refractivity contribution in [1.82, 2.24) is 33.8 Å². The maximum absolute atomic E-state index is 12.4. The quantitative estimate of drug-likeness (QED) is 0.728. The van der Waals surface area contributed by atoms with Gasteiger partial charge in [-0.05, 0) is 26.8 Å². The van der Waals surface area contributed by atoms with Gasteiger partial charge in [0, 0.05) is 59.8 Å². The number of aromatic amines is 1. The number of nitrogens with one attached hydrogen (secondary N) is 1. The van der Waals surface area contributed by atoms with Crippen LogP contribution < -0.4 is 11.2 Å². The highest BCUT2D eigenvalue weighted by molar-refractivity contribution is 5.74. The Hall–Kier alpha value is -2.62. The number of aryl methyl sites for hydroxylation is 2. The second kappa shape index (κ2) is 8.81. The van der Waals surface area contributed by atoms with Gasteiger partial charge in [0.25, 0.3) is 5.56 Å². The maximum atomic E-state index is 12.4. The lowest BCUT2D eigenvalue weighted by Gasteiger charge is -2.37. The number of piperazine rings is 1. The molecule has 1 N–H and O–H groups in total. The van der Waals surface area contributed by atoms with Gasteiger partial charge in [0.05, 0.1) is 0 Å². The first-order valence-corrected chi connectivity index (χ1v) is 10.3. The maximum Gasteiger partial charge on any atom is 0.332 e. The third kappa shape index (κ3) is 4.21. The molecule has 2 aromatic heterocycles. The van der Waals surface area contributed by atoms with Crippen molar-refractivity contribution in [3.63, 3.8) is 0 Å². The highest BCUT2D eigenvalue weighted by Crippen LogP contribution is 2.09. The van der Waals surface area contributed by atoms with E-state index in [-0.39, 0.29) is 17.3 Å². The van der Waals surface area contributed by atoms with E-state index < -0.39 is 0 Å². The SMILES string of the molecule is CCN(CC)C(=O)N1CCN(CCCc2nc3c([nH]2)c(=O)n(C)c(=O)n3C)CC1. The molecule has 10 nitrogen and oxygen atoms in total. The third-order valence-corrected chi connectivity index (χ3v) is 5.71. The standard InChI is InChI=1S/C19H31N7O3/c1-5-25(6-2)19(29)26-12-10-24(11-13-26)9-7-8-14-20-15-16(21-14)22(3)18(28)23(4)17(15)27/h5-13H2,1-4H3,(H,20,21). The Morgan fingerprint density at radius 3 is 2.34 bits per heavy atom. The van der Waals surface area contributed by atoms with Crippen LogP contribution in [0.4, 0.5) is 4.79 Å². The first kappa shape index (κ1) is 21.1. The lowest BCUT2D eigenvalue weighted by molar-refractivity contribution is 0.114. The summed E-state index contributed by atoms with van der Waals surface area (Å²) in [5, 5.41) is 0. The van der Waals surface area contributed by atoms with Gasteiger partial charge in [-0.1, -0.05) is 0 Å². The number of fused-ring (bicyclic) bond motifs is 1. The molecule has 0 aliphatic carbocycles. The molecule has 0 aromatic carbocycles. The second-order valence-corrected chi connectivity index (χ2v) is 7.47. The minimum atomic E-state index is -0.377. The van der Waals surface area contributed by atoms with Crippen molar-refractivity contribution >= 4 is 17.2 Å². The molecule has 29 heavy (non-hydrogen) atoms. The Bertz CT molecular complexity index is 978. The van der Waals surface area contributed by atoms with Gasteiger partial charge in [0.1, 0.15) is 11.3 Å². The number of H-pyrrole nitrogens is 1. The summed E-state index contributed by atoms with van der Waals surface area (Å²) in [6.45, 7) is 9.61. The number of hydrogen-bond acceptors (Lipinski definition) is 5. The van der Waals surface area contributed by atoms with Crippen molar-refractivity contribution in [3.8, 4) is 0 Å². The highest BCUT2D eigenvalue weighted by atomic mass is 16.2. The van der Waals surface area contributed by atoms with E-state index in [0.29, 0.717) is 23.4 Å². The Kier molecular flexibility index (Phi) is 6.41. The molecule has 3 heterocycles. The summed E-state index contributed by atoms with van der Waals surface area (Å²) in [7, 11) is 3.09. The molecule has 0 atom stereocenters. The van der Waals surface area contributed by atoms with E-state index in [4.69, 9.17) is 0 Å². The van der Waals surface area contributed by atoms with E-state index in [1.807, 2.05) is 23.6 Å². The average Bonchev–Trinajstić information content (AvgIpc) is 3.16. The number of imidazole rings is 1. The lowest BCUT2D eigenvalue weighted by atomic mass is 10.2. The molecule has 0 unspecified atom stereocenters. The van der Waals surface area contributed by atoms with E-state index in [2.05, 4.69) is 14.9 Å². The third-order valence-electron chi connectivity index (χ3n) is 5.71. The van der Waals surface area contributed by atoms with E-state index >= 15 is 0 Å². The van der Waals surface area contributed by atoms with Crippen molar-refractivity contribution < 1.29 is 4.79 Å². The molecular weight excluding hydrogens is 374 g/mol. The average molecular weight is 406 g/mol. The van der Waals surface area contributed by atoms with Gasteiger partial charge in [-0.2, -0.15) is 0 Å². The van der Waals surface area contributed by atoms with Gasteiger partial charge in [-0.15, -0.1) is 0 Å². The second-order valence-electron chi connectivity index (χ2n) is 7.47. The molecular formula is C19H31N7O3. The zero-order valence-corrected chi connectivity index (χ0v) is 17.8. The van der Waals surface area contributed by atoms with E-state index in [9.17, 15) is 14.4 Å². The van der Waals surface area contributed by atoms with Crippen LogP contribution in [0.3, 0.4) is 0 Å². The molecule has 0 spiro atoms. The van der Waals surface area contributed by atoms with Crippen molar-refractivity contribution in [2.75, 3.05) is 45.8 Å². The fraction of sp³-hybridized carbons (Fsp3) is 0.684. The van der Waals surface area contributed by atoms with Crippen molar-refractivity contribution in [2.45, 2.75) is 26.7 Å².